The summed E-state index contributed by atoms with van der Waals surface area (Å²) in [4.78, 5) is 2.29. The molecule has 1 aromatic carbocycles. The fraction of sp³-hybridized carbons (Fsp3) is 0.571. The lowest BCUT2D eigenvalue weighted by atomic mass is 9.95. The predicted molar refractivity (Wildman–Crippen MR) is 71.8 cm³/mol. The second-order valence-corrected chi connectivity index (χ2v) is 5.76. The first-order valence-electron chi connectivity index (χ1n) is 5.87. The molecule has 0 saturated heterocycles. The molecule has 16 heavy (non-hydrogen) atoms. The molecule has 2 nitrogen and oxygen atoms in total. The third-order valence-electron chi connectivity index (χ3n) is 2.55. The van der Waals surface area contributed by atoms with Gasteiger partial charge in [0.05, 0.1) is 0 Å². The Balaban J connectivity index is 2.95. The van der Waals surface area contributed by atoms with E-state index in [-0.39, 0.29) is 6.04 Å². The maximum Gasteiger partial charge on any atom is 0.0412 e. The number of nitrogens with zero attached hydrogens (tertiary/aromatic N) is 1. The van der Waals surface area contributed by atoms with Gasteiger partial charge < -0.3 is 10.6 Å². The second kappa shape index (κ2) is 4.88. The summed E-state index contributed by atoms with van der Waals surface area (Å²) < 4.78 is 0. The van der Waals surface area contributed by atoms with Crippen molar-refractivity contribution in [3.8, 4) is 0 Å². The molecular formula is C14H24N2. The molecule has 0 spiro atoms. The highest BCUT2D eigenvalue weighted by Crippen LogP contribution is 2.26. The second-order valence-electron chi connectivity index (χ2n) is 5.76. The Morgan fingerprint density at radius 3 is 2.31 bits per heavy atom. The predicted octanol–water partition coefficient (Wildman–Crippen LogP) is 3.19. The minimum Gasteiger partial charge on any atom is -0.374 e. The van der Waals surface area contributed by atoms with Crippen LogP contribution in [-0.2, 0) is 0 Å². The first-order chi connectivity index (χ1) is 7.31. The third kappa shape index (κ3) is 3.53. The first kappa shape index (κ1) is 13.0. The van der Waals surface area contributed by atoms with Crippen LogP contribution in [0.1, 0.15) is 39.3 Å². The van der Waals surface area contributed by atoms with Gasteiger partial charge in [0.1, 0.15) is 0 Å². The minimum atomic E-state index is 0.0821. The molecule has 0 aliphatic rings. The summed E-state index contributed by atoms with van der Waals surface area (Å²) in [6.07, 6.45) is 0. The molecule has 0 bridgehead atoms. The van der Waals surface area contributed by atoms with Gasteiger partial charge in [-0.3, -0.25) is 0 Å². The Labute approximate surface area is 99.5 Å². The van der Waals surface area contributed by atoms with Crippen LogP contribution in [0.5, 0.6) is 0 Å². The van der Waals surface area contributed by atoms with Gasteiger partial charge in [-0.1, -0.05) is 39.0 Å². The highest BCUT2D eigenvalue weighted by atomic mass is 15.1. The highest BCUT2D eigenvalue weighted by Gasteiger charge is 2.16. The molecule has 0 aliphatic carbocycles. The van der Waals surface area contributed by atoms with Crippen molar-refractivity contribution in [3.63, 3.8) is 0 Å². The number of nitrogens with two attached hydrogens (primary N) is 1. The van der Waals surface area contributed by atoms with E-state index in [2.05, 4.69) is 50.9 Å². The lowest BCUT2D eigenvalue weighted by Crippen LogP contribution is -2.30. The van der Waals surface area contributed by atoms with Crippen LogP contribution in [0.15, 0.2) is 24.3 Å². The molecular weight excluding hydrogens is 196 g/mol. The molecule has 0 heterocycles. The van der Waals surface area contributed by atoms with Crippen molar-refractivity contribution in [1.82, 2.24) is 0 Å². The van der Waals surface area contributed by atoms with E-state index >= 15 is 0 Å². The van der Waals surface area contributed by atoms with Crippen molar-refractivity contribution in [3.05, 3.63) is 29.8 Å². The zero-order chi connectivity index (χ0) is 12.3. The van der Waals surface area contributed by atoms with Gasteiger partial charge in [-0.15, -0.1) is 0 Å². The molecule has 2 heteroatoms. The van der Waals surface area contributed by atoms with Gasteiger partial charge in [0.2, 0.25) is 0 Å². The zero-order valence-electron chi connectivity index (χ0n) is 11.1. The standard InChI is InChI=1S/C14H24N2/c1-11(15)12-8-6-7-9-13(12)16(5)10-14(2,3)4/h6-9,11H,10,15H2,1-5H3/t11-/m1/s1. The van der Waals surface area contributed by atoms with Crippen molar-refractivity contribution in [2.45, 2.75) is 33.7 Å². The first-order valence-corrected chi connectivity index (χ1v) is 5.87. The molecule has 2 N–H and O–H groups in total. The van der Waals surface area contributed by atoms with Crippen molar-refractivity contribution >= 4 is 5.69 Å². The number of anilines is 1. The molecule has 90 valence electrons. The van der Waals surface area contributed by atoms with Crippen LogP contribution in [0.3, 0.4) is 0 Å². The molecule has 1 aromatic rings. The third-order valence-corrected chi connectivity index (χ3v) is 2.55. The molecule has 0 unspecified atom stereocenters. The summed E-state index contributed by atoms with van der Waals surface area (Å²) in [6, 6.07) is 8.45. The number of rotatable bonds is 3. The van der Waals surface area contributed by atoms with Crippen molar-refractivity contribution < 1.29 is 0 Å². The number of para-hydroxylation sites is 1. The van der Waals surface area contributed by atoms with E-state index in [1.165, 1.54) is 11.3 Å². The Kier molecular flexibility index (Phi) is 3.98. The molecule has 0 amide bonds. The Morgan fingerprint density at radius 2 is 1.81 bits per heavy atom. The minimum absolute atomic E-state index is 0.0821. The Bertz CT molecular complexity index is 337. The quantitative estimate of drug-likeness (QED) is 0.847. The Hall–Kier alpha value is -1.02. The van der Waals surface area contributed by atoms with E-state index in [1.807, 2.05) is 13.0 Å². The van der Waals surface area contributed by atoms with Crippen LogP contribution >= 0.6 is 0 Å². The van der Waals surface area contributed by atoms with Gasteiger partial charge >= 0.3 is 0 Å². The van der Waals surface area contributed by atoms with E-state index < -0.39 is 0 Å². The van der Waals surface area contributed by atoms with Crippen LogP contribution in [0.25, 0.3) is 0 Å². The van der Waals surface area contributed by atoms with Crippen LogP contribution in [0, 0.1) is 5.41 Å². The summed E-state index contributed by atoms with van der Waals surface area (Å²) in [5.41, 5.74) is 8.74. The van der Waals surface area contributed by atoms with Crippen LogP contribution in [-0.4, -0.2) is 13.6 Å². The summed E-state index contributed by atoms with van der Waals surface area (Å²) in [5.74, 6) is 0. The number of benzene rings is 1. The van der Waals surface area contributed by atoms with Crippen LogP contribution in [0.2, 0.25) is 0 Å². The molecule has 1 atom stereocenters. The van der Waals surface area contributed by atoms with E-state index in [9.17, 15) is 0 Å². The van der Waals surface area contributed by atoms with Gasteiger partial charge in [0.15, 0.2) is 0 Å². The molecule has 1 rings (SSSR count). The monoisotopic (exact) mass is 220 g/mol. The van der Waals surface area contributed by atoms with E-state index in [1.54, 1.807) is 0 Å². The van der Waals surface area contributed by atoms with Crippen LogP contribution < -0.4 is 10.6 Å². The fourth-order valence-electron chi connectivity index (χ4n) is 2.02. The highest BCUT2D eigenvalue weighted by molar-refractivity contribution is 5.54. The number of hydrogen-bond acceptors (Lipinski definition) is 2. The lowest BCUT2D eigenvalue weighted by Gasteiger charge is -2.30. The van der Waals surface area contributed by atoms with Crippen molar-refractivity contribution in [2.75, 3.05) is 18.5 Å². The van der Waals surface area contributed by atoms with Gasteiger partial charge in [-0.25, -0.2) is 0 Å². The topological polar surface area (TPSA) is 29.3 Å². The van der Waals surface area contributed by atoms with E-state index in [0.717, 1.165) is 6.54 Å². The van der Waals surface area contributed by atoms with Gasteiger partial charge in [-0.05, 0) is 24.0 Å². The summed E-state index contributed by atoms with van der Waals surface area (Å²) >= 11 is 0. The summed E-state index contributed by atoms with van der Waals surface area (Å²) in [5, 5.41) is 0. The Morgan fingerprint density at radius 1 is 1.25 bits per heavy atom. The molecule has 0 radical (unpaired) electrons. The molecule has 0 saturated carbocycles. The molecule has 0 fully saturated rings. The maximum absolute atomic E-state index is 5.99. The largest absolute Gasteiger partial charge is 0.374 e. The average Bonchev–Trinajstić information content (AvgIpc) is 2.15. The normalized spacial score (nSPS) is 13.6. The molecule has 0 aromatic heterocycles. The van der Waals surface area contributed by atoms with Gasteiger partial charge in [0.25, 0.3) is 0 Å². The SMILES string of the molecule is C[C@@H](N)c1ccccc1N(C)CC(C)(C)C. The lowest BCUT2D eigenvalue weighted by molar-refractivity contribution is 0.418. The van der Waals surface area contributed by atoms with E-state index in [4.69, 9.17) is 5.73 Å². The summed E-state index contributed by atoms with van der Waals surface area (Å²) in [6.45, 7) is 9.80. The smallest absolute Gasteiger partial charge is 0.0412 e. The van der Waals surface area contributed by atoms with Gasteiger partial charge in [-0.2, -0.15) is 0 Å². The molecule has 0 aliphatic heterocycles. The zero-order valence-corrected chi connectivity index (χ0v) is 11.1. The summed E-state index contributed by atoms with van der Waals surface area (Å²) in [7, 11) is 2.13. The maximum atomic E-state index is 5.99. The van der Waals surface area contributed by atoms with Gasteiger partial charge in [0, 0.05) is 25.3 Å². The van der Waals surface area contributed by atoms with E-state index in [0.29, 0.717) is 5.41 Å². The van der Waals surface area contributed by atoms with Crippen molar-refractivity contribution in [2.24, 2.45) is 11.1 Å². The fourth-order valence-corrected chi connectivity index (χ4v) is 2.02. The number of hydrogen-bond donors (Lipinski definition) is 1. The van der Waals surface area contributed by atoms with Crippen molar-refractivity contribution in [1.29, 1.82) is 0 Å². The van der Waals surface area contributed by atoms with Crippen LogP contribution in [0.4, 0.5) is 5.69 Å². The average molecular weight is 220 g/mol.